The van der Waals surface area contributed by atoms with E-state index < -0.39 is 35.6 Å². The van der Waals surface area contributed by atoms with Gasteiger partial charge in [-0.25, -0.2) is 8.78 Å². The van der Waals surface area contributed by atoms with Gasteiger partial charge in [0.1, 0.15) is 6.10 Å². The van der Waals surface area contributed by atoms with Crippen molar-refractivity contribution in [2.24, 2.45) is 23.2 Å². The molecule has 3 nitrogen and oxygen atoms in total. The van der Waals surface area contributed by atoms with Crippen LogP contribution in [-0.4, -0.2) is 23.0 Å². The maximum absolute atomic E-state index is 14.5. The monoisotopic (exact) mass is 399 g/mol. The summed E-state index contributed by atoms with van der Waals surface area (Å²) >= 11 is 3.32. The van der Waals surface area contributed by atoms with E-state index in [1.807, 2.05) is 12.1 Å². The number of allylic oxidation sites excluding steroid dienone is 1. The molecule has 0 amide bonds. The van der Waals surface area contributed by atoms with E-state index in [1.54, 1.807) is 39.1 Å². The van der Waals surface area contributed by atoms with Gasteiger partial charge in [0, 0.05) is 28.9 Å². The van der Waals surface area contributed by atoms with Crippen LogP contribution in [0, 0.1) is 23.2 Å². The summed E-state index contributed by atoms with van der Waals surface area (Å²) in [6.07, 6.45) is 4.37. The van der Waals surface area contributed by atoms with Crippen molar-refractivity contribution in [2.45, 2.75) is 39.2 Å². The van der Waals surface area contributed by atoms with Crippen molar-refractivity contribution in [3.8, 4) is 0 Å². The number of hydrogen-bond donors (Lipinski definition) is 0. The maximum atomic E-state index is 14.5. The Morgan fingerprint density at radius 2 is 2.08 bits per heavy atom. The third-order valence-electron chi connectivity index (χ3n) is 5.50. The molecule has 1 aromatic rings. The van der Waals surface area contributed by atoms with Crippen molar-refractivity contribution in [3.05, 3.63) is 34.6 Å². The van der Waals surface area contributed by atoms with Crippen molar-refractivity contribution in [1.82, 2.24) is 4.98 Å². The summed E-state index contributed by atoms with van der Waals surface area (Å²) in [6, 6.07) is 3.66. The fourth-order valence-electron chi connectivity index (χ4n) is 4.18. The van der Waals surface area contributed by atoms with Crippen LogP contribution in [-0.2, 0) is 9.53 Å². The summed E-state index contributed by atoms with van der Waals surface area (Å²) in [6.45, 7) is 4.96. The fraction of sp³-hybridized carbons (Fsp3) is 0.556. The van der Waals surface area contributed by atoms with Gasteiger partial charge >= 0.3 is 5.97 Å². The average Bonchev–Trinajstić information content (AvgIpc) is 2.71. The first-order chi connectivity index (χ1) is 11.1. The van der Waals surface area contributed by atoms with Gasteiger partial charge in [0.15, 0.2) is 0 Å². The number of pyridine rings is 1. The molecule has 1 aliphatic heterocycles. The lowest BCUT2D eigenvalue weighted by Crippen LogP contribution is -2.52. The molecule has 3 rings (SSSR count). The van der Waals surface area contributed by atoms with E-state index in [-0.39, 0.29) is 12.0 Å². The molecule has 1 aromatic heterocycles. The van der Waals surface area contributed by atoms with E-state index >= 15 is 0 Å². The number of ether oxygens (including phenoxy) is 1. The Morgan fingerprint density at radius 1 is 1.38 bits per heavy atom. The molecule has 24 heavy (non-hydrogen) atoms. The smallest absolute Gasteiger partial charge is 0.312 e. The molecule has 1 aliphatic carbocycles. The van der Waals surface area contributed by atoms with Crippen LogP contribution in [0.1, 0.15) is 32.9 Å². The van der Waals surface area contributed by atoms with E-state index in [2.05, 4.69) is 20.9 Å². The summed E-state index contributed by atoms with van der Waals surface area (Å²) in [5, 5.41) is 0. The number of nitrogens with zero attached hydrogens (tertiary/aromatic N) is 1. The van der Waals surface area contributed by atoms with Crippen LogP contribution in [0.25, 0.3) is 6.08 Å². The molecular formula is C18H20BrF2NO2. The number of esters is 1. The number of carbonyl (C=O) groups excluding carboxylic acids is 1. The SMILES string of the molecule is C[C@H]1OC(=O)[C@]2(C)CC(F)(F)[C@@H](C)[C@H](/C=C/c3ccc(Br)cn3)[C@H]12. The second kappa shape index (κ2) is 5.90. The molecule has 130 valence electrons. The van der Waals surface area contributed by atoms with Crippen LogP contribution in [0.3, 0.4) is 0 Å². The number of cyclic esters (lactones) is 1. The number of halogens is 3. The highest BCUT2D eigenvalue weighted by atomic mass is 79.9. The molecule has 1 saturated heterocycles. The third kappa shape index (κ3) is 2.79. The van der Waals surface area contributed by atoms with Crippen LogP contribution < -0.4 is 0 Å². The van der Waals surface area contributed by atoms with Crippen LogP contribution in [0.5, 0.6) is 0 Å². The van der Waals surface area contributed by atoms with Gasteiger partial charge in [-0.2, -0.15) is 0 Å². The minimum absolute atomic E-state index is 0.258. The maximum Gasteiger partial charge on any atom is 0.312 e. The third-order valence-corrected chi connectivity index (χ3v) is 5.97. The van der Waals surface area contributed by atoms with Gasteiger partial charge in [-0.1, -0.05) is 13.0 Å². The molecular weight excluding hydrogens is 380 g/mol. The zero-order chi connectivity index (χ0) is 17.7. The molecule has 0 N–H and O–H groups in total. The average molecular weight is 400 g/mol. The number of hydrogen-bond acceptors (Lipinski definition) is 3. The number of alkyl halides is 2. The summed E-state index contributed by atoms with van der Waals surface area (Å²) in [7, 11) is 0. The Balaban J connectivity index is 1.96. The number of carbonyl (C=O) groups is 1. The van der Waals surface area contributed by atoms with Crippen LogP contribution in [0.4, 0.5) is 8.78 Å². The predicted molar refractivity (Wildman–Crippen MR) is 90.3 cm³/mol. The Morgan fingerprint density at radius 3 is 2.71 bits per heavy atom. The van der Waals surface area contributed by atoms with Gasteiger partial charge in [-0.05, 0) is 53.9 Å². The van der Waals surface area contributed by atoms with Crippen LogP contribution in [0.2, 0.25) is 0 Å². The van der Waals surface area contributed by atoms with Crippen molar-refractivity contribution < 1.29 is 18.3 Å². The van der Waals surface area contributed by atoms with E-state index in [0.29, 0.717) is 5.69 Å². The molecule has 6 heteroatoms. The molecule has 0 unspecified atom stereocenters. The first kappa shape index (κ1) is 17.5. The lowest BCUT2D eigenvalue weighted by molar-refractivity contribution is -0.167. The lowest BCUT2D eigenvalue weighted by atomic mass is 9.57. The predicted octanol–water partition coefficient (Wildman–Crippen LogP) is 4.72. The minimum Gasteiger partial charge on any atom is -0.462 e. The Labute approximate surface area is 148 Å². The van der Waals surface area contributed by atoms with Crippen LogP contribution >= 0.6 is 15.9 Å². The number of aromatic nitrogens is 1. The van der Waals surface area contributed by atoms with Gasteiger partial charge in [0.05, 0.1) is 11.1 Å². The molecule has 1 saturated carbocycles. The summed E-state index contributed by atoms with van der Waals surface area (Å²) in [4.78, 5) is 16.4. The molecule has 5 atom stereocenters. The molecule has 0 bridgehead atoms. The second-order valence-corrected chi connectivity index (χ2v) is 8.03. The Bertz CT molecular complexity index is 676. The number of fused-ring (bicyclic) bond motifs is 1. The Hall–Kier alpha value is -1.30. The quantitative estimate of drug-likeness (QED) is 0.675. The van der Waals surface area contributed by atoms with Gasteiger partial charge in [-0.15, -0.1) is 0 Å². The van der Waals surface area contributed by atoms with Gasteiger partial charge in [0.25, 0.3) is 5.92 Å². The van der Waals surface area contributed by atoms with Gasteiger partial charge in [-0.3, -0.25) is 9.78 Å². The molecule has 2 heterocycles. The highest BCUT2D eigenvalue weighted by molar-refractivity contribution is 9.10. The van der Waals surface area contributed by atoms with Gasteiger partial charge < -0.3 is 4.74 Å². The highest BCUT2D eigenvalue weighted by Gasteiger charge is 2.65. The molecule has 0 aromatic carbocycles. The largest absolute Gasteiger partial charge is 0.462 e. The Kier molecular flexibility index (Phi) is 4.31. The first-order valence-electron chi connectivity index (χ1n) is 8.04. The first-order valence-corrected chi connectivity index (χ1v) is 8.83. The van der Waals surface area contributed by atoms with E-state index in [9.17, 15) is 13.6 Å². The van der Waals surface area contributed by atoms with Crippen molar-refractivity contribution in [1.29, 1.82) is 0 Å². The van der Waals surface area contributed by atoms with E-state index in [1.165, 1.54) is 0 Å². The van der Waals surface area contributed by atoms with E-state index in [4.69, 9.17) is 4.74 Å². The molecule has 2 aliphatic rings. The topological polar surface area (TPSA) is 39.2 Å². The molecule has 0 spiro atoms. The zero-order valence-corrected chi connectivity index (χ0v) is 15.4. The summed E-state index contributed by atoms with van der Waals surface area (Å²) in [5.41, 5.74) is -0.448. The summed E-state index contributed by atoms with van der Waals surface area (Å²) < 4.78 is 35.3. The minimum atomic E-state index is -2.91. The second-order valence-electron chi connectivity index (χ2n) is 7.12. The number of rotatable bonds is 2. The zero-order valence-electron chi connectivity index (χ0n) is 13.8. The van der Waals surface area contributed by atoms with E-state index in [0.717, 1.165) is 4.47 Å². The highest BCUT2D eigenvalue weighted by Crippen LogP contribution is 2.59. The van der Waals surface area contributed by atoms with Gasteiger partial charge in [0.2, 0.25) is 0 Å². The van der Waals surface area contributed by atoms with Crippen LogP contribution in [0.15, 0.2) is 28.9 Å². The molecule has 0 radical (unpaired) electrons. The van der Waals surface area contributed by atoms with Crippen molar-refractivity contribution in [2.75, 3.05) is 0 Å². The van der Waals surface area contributed by atoms with Crippen molar-refractivity contribution >= 4 is 28.0 Å². The normalized spacial score (nSPS) is 38.2. The fourth-order valence-corrected chi connectivity index (χ4v) is 4.42. The standard InChI is InChI=1S/C18H20BrF2NO2/c1-10-14(7-6-13-5-4-12(19)8-22-13)15-11(2)24-16(23)17(15,3)9-18(10,20)21/h4-8,10-11,14-15H,9H2,1-3H3/b7-6+/t10-,11+,14-,15-,17+/m0/s1. The summed E-state index contributed by atoms with van der Waals surface area (Å²) in [5.74, 6) is -4.99. The van der Waals surface area contributed by atoms with Crippen molar-refractivity contribution in [3.63, 3.8) is 0 Å². The molecule has 2 fully saturated rings. The lowest BCUT2D eigenvalue weighted by Gasteiger charge is -2.46.